The summed E-state index contributed by atoms with van der Waals surface area (Å²) in [5, 5.41) is 17.5. The third-order valence-electron chi connectivity index (χ3n) is 1.44. The van der Waals surface area contributed by atoms with E-state index in [0.717, 1.165) is 5.76 Å². The molecule has 62 valence electrons. The monoisotopic (exact) mass is 156 g/mol. The zero-order valence-electron chi connectivity index (χ0n) is 6.45. The Morgan fingerprint density at radius 2 is 2.27 bits per heavy atom. The van der Waals surface area contributed by atoms with Gasteiger partial charge in [0, 0.05) is 6.42 Å². The van der Waals surface area contributed by atoms with Gasteiger partial charge in [-0.1, -0.05) is 0 Å². The fourth-order valence-electron chi connectivity index (χ4n) is 0.892. The summed E-state index contributed by atoms with van der Waals surface area (Å²) in [4.78, 5) is 0. The molecule has 0 radical (unpaired) electrons. The van der Waals surface area contributed by atoms with Crippen molar-refractivity contribution in [2.24, 2.45) is 0 Å². The van der Waals surface area contributed by atoms with Crippen molar-refractivity contribution < 1.29 is 14.6 Å². The highest BCUT2D eigenvalue weighted by molar-refractivity contribution is 5.06. The molecule has 0 aromatic carbocycles. The molecule has 0 aliphatic carbocycles. The van der Waals surface area contributed by atoms with Gasteiger partial charge in [-0.3, -0.25) is 0 Å². The topological polar surface area (TPSA) is 53.6 Å². The molecule has 0 aliphatic heterocycles. The molecule has 0 bridgehead atoms. The van der Waals surface area contributed by atoms with Gasteiger partial charge in [0.25, 0.3) is 0 Å². The quantitative estimate of drug-likeness (QED) is 0.669. The molecule has 1 heterocycles. The predicted octanol–water partition coefficient (Wildman–Crippen LogP) is 0.484. The van der Waals surface area contributed by atoms with Crippen molar-refractivity contribution in [2.75, 3.05) is 6.61 Å². The first-order valence-corrected chi connectivity index (χ1v) is 3.56. The van der Waals surface area contributed by atoms with Crippen LogP contribution in [-0.4, -0.2) is 22.9 Å². The minimum absolute atomic E-state index is 0.222. The molecule has 1 rings (SSSR count). The number of aliphatic hydroxyl groups is 2. The summed E-state index contributed by atoms with van der Waals surface area (Å²) in [6, 6.07) is 3.63. The van der Waals surface area contributed by atoms with Gasteiger partial charge >= 0.3 is 0 Å². The van der Waals surface area contributed by atoms with Gasteiger partial charge in [-0.05, 0) is 19.1 Å². The lowest BCUT2D eigenvalue weighted by Gasteiger charge is -2.02. The minimum Gasteiger partial charge on any atom is -0.466 e. The first-order valence-electron chi connectivity index (χ1n) is 3.56. The molecular weight excluding hydrogens is 144 g/mol. The van der Waals surface area contributed by atoms with Crippen LogP contribution in [0.25, 0.3) is 0 Å². The summed E-state index contributed by atoms with van der Waals surface area (Å²) in [7, 11) is 0. The summed E-state index contributed by atoms with van der Waals surface area (Å²) in [6.07, 6.45) is -0.329. The van der Waals surface area contributed by atoms with Crippen LogP contribution in [0.1, 0.15) is 11.5 Å². The van der Waals surface area contributed by atoms with E-state index in [-0.39, 0.29) is 6.61 Å². The van der Waals surface area contributed by atoms with Gasteiger partial charge in [-0.15, -0.1) is 0 Å². The molecule has 0 saturated carbocycles. The zero-order valence-corrected chi connectivity index (χ0v) is 6.45. The molecule has 1 unspecified atom stereocenters. The van der Waals surface area contributed by atoms with Crippen molar-refractivity contribution in [1.82, 2.24) is 0 Å². The van der Waals surface area contributed by atoms with Crippen LogP contribution in [0, 0.1) is 6.92 Å². The molecule has 0 saturated heterocycles. The van der Waals surface area contributed by atoms with Crippen LogP contribution in [-0.2, 0) is 6.42 Å². The third-order valence-corrected chi connectivity index (χ3v) is 1.44. The lowest BCUT2D eigenvalue weighted by molar-refractivity contribution is 0.0910. The summed E-state index contributed by atoms with van der Waals surface area (Å²) in [5.41, 5.74) is 0. The Hall–Kier alpha value is -0.800. The van der Waals surface area contributed by atoms with Crippen molar-refractivity contribution in [3.05, 3.63) is 23.7 Å². The van der Waals surface area contributed by atoms with Gasteiger partial charge in [0.2, 0.25) is 0 Å². The molecule has 1 atom stereocenters. The van der Waals surface area contributed by atoms with E-state index in [1.807, 2.05) is 13.0 Å². The largest absolute Gasteiger partial charge is 0.466 e. The number of rotatable bonds is 3. The van der Waals surface area contributed by atoms with Crippen LogP contribution in [0.15, 0.2) is 16.5 Å². The fourth-order valence-corrected chi connectivity index (χ4v) is 0.892. The van der Waals surface area contributed by atoms with Crippen molar-refractivity contribution in [3.63, 3.8) is 0 Å². The lowest BCUT2D eigenvalue weighted by Crippen LogP contribution is -2.14. The average Bonchev–Trinajstić information content (AvgIpc) is 2.35. The van der Waals surface area contributed by atoms with Gasteiger partial charge < -0.3 is 14.6 Å². The number of aliphatic hydroxyl groups excluding tert-OH is 2. The molecule has 0 amide bonds. The maximum Gasteiger partial charge on any atom is 0.106 e. The van der Waals surface area contributed by atoms with E-state index in [9.17, 15) is 0 Å². The van der Waals surface area contributed by atoms with Crippen molar-refractivity contribution >= 4 is 0 Å². The second kappa shape index (κ2) is 3.55. The molecule has 1 aromatic heterocycles. The average molecular weight is 156 g/mol. The van der Waals surface area contributed by atoms with Crippen molar-refractivity contribution in [3.8, 4) is 0 Å². The van der Waals surface area contributed by atoms with E-state index < -0.39 is 6.10 Å². The van der Waals surface area contributed by atoms with Crippen LogP contribution in [0.5, 0.6) is 0 Å². The maximum absolute atomic E-state index is 9.01. The smallest absolute Gasteiger partial charge is 0.106 e. The van der Waals surface area contributed by atoms with Gasteiger partial charge in [0.15, 0.2) is 0 Å². The van der Waals surface area contributed by atoms with Crippen LogP contribution >= 0.6 is 0 Å². The molecule has 1 aromatic rings. The maximum atomic E-state index is 9.01. The fraction of sp³-hybridized carbons (Fsp3) is 0.500. The van der Waals surface area contributed by atoms with Crippen molar-refractivity contribution in [1.29, 1.82) is 0 Å². The van der Waals surface area contributed by atoms with Gasteiger partial charge in [0.05, 0.1) is 12.7 Å². The van der Waals surface area contributed by atoms with E-state index in [0.29, 0.717) is 12.2 Å². The minimum atomic E-state index is -0.708. The molecule has 0 fully saturated rings. The van der Waals surface area contributed by atoms with E-state index in [4.69, 9.17) is 14.6 Å². The lowest BCUT2D eigenvalue weighted by atomic mass is 10.2. The number of hydrogen-bond acceptors (Lipinski definition) is 3. The zero-order chi connectivity index (χ0) is 8.27. The summed E-state index contributed by atoms with van der Waals surface area (Å²) in [5.74, 6) is 1.54. The van der Waals surface area contributed by atoms with Gasteiger partial charge in [0.1, 0.15) is 11.5 Å². The van der Waals surface area contributed by atoms with Crippen molar-refractivity contribution in [2.45, 2.75) is 19.4 Å². The first-order chi connectivity index (χ1) is 5.22. The SMILES string of the molecule is Cc1ccc(CC(O)CO)o1. The number of aryl methyl sites for hydroxylation is 1. The molecule has 3 heteroatoms. The van der Waals surface area contributed by atoms with E-state index in [1.165, 1.54) is 0 Å². The number of furan rings is 1. The van der Waals surface area contributed by atoms with Crippen LogP contribution in [0.4, 0.5) is 0 Å². The molecular formula is C8H12O3. The predicted molar refractivity (Wildman–Crippen MR) is 40.2 cm³/mol. The highest BCUT2D eigenvalue weighted by atomic mass is 16.3. The Morgan fingerprint density at radius 3 is 2.73 bits per heavy atom. The van der Waals surface area contributed by atoms with Crippen LogP contribution < -0.4 is 0 Å². The van der Waals surface area contributed by atoms with Gasteiger partial charge in [-0.25, -0.2) is 0 Å². The summed E-state index contributed by atoms with van der Waals surface area (Å²) < 4.78 is 5.18. The van der Waals surface area contributed by atoms with E-state index in [2.05, 4.69) is 0 Å². The number of hydrogen-bond donors (Lipinski definition) is 2. The highest BCUT2D eigenvalue weighted by Gasteiger charge is 2.05. The van der Waals surface area contributed by atoms with Crippen LogP contribution in [0.3, 0.4) is 0 Å². The normalized spacial score (nSPS) is 13.4. The summed E-state index contributed by atoms with van der Waals surface area (Å²) >= 11 is 0. The summed E-state index contributed by atoms with van der Waals surface area (Å²) in [6.45, 7) is 1.62. The second-order valence-corrected chi connectivity index (χ2v) is 2.55. The molecule has 0 spiro atoms. The van der Waals surface area contributed by atoms with Crippen LogP contribution in [0.2, 0.25) is 0 Å². The third kappa shape index (κ3) is 2.37. The Balaban J connectivity index is 2.50. The Bertz CT molecular complexity index is 217. The standard InChI is InChI=1S/C8H12O3/c1-6-2-3-8(11-6)4-7(10)5-9/h2-3,7,9-10H,4-5H2,1H3. The van der Waals surface area contributed by atoms with E-state index >= 15 is 0 Å². The molecule has 2 N–H and O–H groups in total. The Labute approximate surface area is 65.3 Å². The molecule has 3 nitrogen and oxygen atoms in total. The first kappa shape index (κ1) is 8.30. The Morgan fingerprint density at radius 1 is 1.55 bits per heavy atom. The van der Waals surface area contributed by atoms with Gasteiger partial charge in [-0.2, -0.15) is 0 Å². The molecule has 11 heavy (non-hydrogen) atoms. The molecule has 0 aliphatic rings. The highest BCUT2D eigenvalue weighted by Crippen LogP contribution is 2.08. The Kier molecular flexibility index (Phi) is 2.68. The second-order valence-electron chi connectivity index (χ2n) is 2.55. The van der Waals surface area contributed by atoms with E-state index in [1.54, 1.807) is 6.07 Å².